The molecule has 7 heteroatoms. The van der Waals surface area contributed by atoms with Gasteiger partial charge in [-0.15, -0.1) is 0 Å². The highest BCUT2D eigenvalue weighted by Gasteiger charge is 2.14. The molecule has 2 aromatic carbocycles. The number of fused-ring (bicyclic) bond motifs is 1. The lowest BCUT2D eigenvalue weighted by molar-refractivity contribution is -0.117. The third kappa shape index (κ3) is 3.80. The molecule has 0 fully saturated rings. The zero-order valence-corrected chi connectivity index (χ0v) is 16.2. The van der Waals surface area contributed by atoms with E-state index in [0.29, 0.717) is 16.8 Å². The lowest BCUT2D eigenvalue weighted by atomic mass is 10.1. The van der Waals surface area contributed by atoms with Crippen molar-refractivity contribution in [3.8, 4) is 11.3 Å². The van der Waals surface area contributed by atoms with Gasteiger partial charge in [-0.05, 0) is 19.9 Å². The lowest BCUT2D eigenvalue weighted by Crippen LogP contribution is -2.30. The number of hydrogen-bond donors (Lipinski definition) is 1. The molecule has 1 N–H and O–H groups in total. The standard InChI is InChI=1S/C22H21N5O2/c1-15(2)26-13-17(12-23-26)24-20(28)14-27-22(29)19-11-7-6-10-18(19)21(25-27)16-8-4-3-5-9-16/h3-13,15H,14H2,1-2H3,(H,24,28). The topological polar surface area (TPSA) is 81.8 Å². The third-order valence-electron chi connectivity index (χ3n) is 4.62. The SMILES string of the molecule is CC(C)n1cc(NC(=O)Cn2nc(-c3ccccc3)c3ccccc3c2=O)cn1. The van der Waals surface area contributed by atoms with Crippen molar-refractivity contribution in [3.05, 3.63) is 77.3 Å². The Morgan fingerprint density at radius 2 is 1.72 bits per heavy atom. The molecular formula is C22H21N5O2. The number of anilines is 1. The van der Waals surface area contributed by atoms with Crippen molar-refractivity contribution >= 4 is 22.4 Å². The lowest BCUT2D eigenvalue weighted by Gasteiger charge is -2.11. The predicted octanol–water partition coefficient (Wildman–Crippen LogP) is 3.48. The van der Waals surface area contributed by atoms with Crippen molar-refractivity contribution in [1.29, 1.82) is 0 Å². The summed E-state index contributed by atoms with van der Waals surface area (Å²) in [5, 5.41) is 12.8. The molecule has 2 heterocycles. The van der Waals surface area contributed by atoms with Gasteiger partial charge in [0, 0.05) is 23.2 Å². The molecule has 7 nitrogen and oxygen atoms in total. The second-order valence-corrected chi connectivity index (χ2v) is 7.07. The van der Waals surface area contributed by atoms with Crippen LogP contribution in [-0.2, 0) is 11.3 Å². The molecule has 0 atom stereocenters. The maximum absolute atomic E-state index is 12.9. The van der Waals surface area contributed by atoms with Crippen LogP contribution in [0.15, 0.2) is 71.8 Å². The van der Waals surface area contributed by atoms with Gasteiger partial charge in [0.15, 0.2) is 0 Å². The fourth-order valence-electron chi connectivity index (χ4n) is 3.17. The number of rotatable bonds is 5. The molecule has 0 saturated heterocycles. The first-order valence-corrected chi connectivity index (χ1v) is 9.42. The van der Waals surface area contributed by atoms with E-state index in [-0.39, 0.29) is 24.1 Å². The fourth-order valence-corrected chi connectivity index (χ4v) is 3.17. The second kappa shape index (κ2) is 7.71. The van der Waals surface area contributed by atoms with E-state index in [9.17, 15) is 9.59 Å². The molecule has 0 bridgehead atoms. The van der Waals surface area contributed by atoms with Crippen LogP contribution in [0.5, 0.6) is 0 Å². The summed E-state index contributed by atoms with van der Waals surface area (Å²) in [7, 11) is 0. The van der Waals surface area contributed by atoms with Gasteiger partial charge in [0.25, 0.3) is 5.56 Å². The molecular weight excluding hydrogens is 366 g/mol. The van der Waals surface area contributed by atoms with E-state index >= 15 is 0 Å². The second-order valence-electron chi connectivity index (χ2n) is 7.07. The number of nitrogens with one attached hydrogen (secondary N) is 1. The van der Waals surface area contributed by atoms with Gasteiger partial charge >= 0.3 is 0 Å². The summed E-state index contributed by atoms with van der Waals surface area (Å²) in [5.41, 5.74) is 1.84. The molecule has 4 aromatic rings. The molecule has 0 saturated carbocycles. The van der Waals surface area contributed by atoms with Crippen LogP contribution in [0.25, 0.3) is 22.0 Å². The first-order chi connectivity index (χ1) is 14.0. The number of benzene rings is 2. The number of carbonyl (C=O) groups excluding carboxylic acids is 1. The van der Waals surface area contributed by atoms with Crippen molar-refractivity contribution in [2.75, 3.05) is 5.32 Å². The number of aromatic nitrogens is 4. The summed E-state index contributed by atoms with van der Waals surface area (Å²) in [6.07, 6.45) is 3.35. The van der Waals surface area contributed by atoms with Gasteiger partial charge < -0.3 is 5.32 Å². The van der Waals surface area contributed by atoms with E-state index in [4.69, 9.17) is 0 Å². The van der Waals surface area contributed by atoms with Gasteiger partial charge in [-0.25, -0.2) is 4.68 Å². The van der Waals surface area contributed by atoms with Crippen LogP contribution in [0.2, 0.25) is 0 Å². The van der Waals surface area contributed by atoms with Crippen LogP contribution in [-0.4, -0.2) is 25.5 Å². The molecule has 146 valence electrons. The zero-order valence-electron chi connectivity index (χ0n) is 16.2. The van der Waals surface area contributed by atoms with Crippen molar-refractivity contribution in [3.63, 3.8) is 0 Å². The van der Waals surface area contributed by atoms with Crippen LogP contribution in [0.3, 0.4) is 0 Å². The van der Waals surface area contributed by atoms with E-state index in [1.165, 1.54) is 4.68 Å². The first kappa shape index (κ1) is 18.6. The Labute approximate surface area is 167 Å². The smallest absolute Gasteiger partial charge is 0.275 e. The predicted molar refractivity (Wildman–Crippen MR) is 113 cm³/mol. The molecule has 1 amide bonds. The minimum Gasteiger partial charge on any atom is -0.322 e. The van der Waals surface area contributed by atoms with E-state index < -0.39 is 0 Å². The maximum Gasteiger partial charge on any atom is 0.275 e. The molecule has 0 aliphatic rings. The van der Waals surface area contributed by atoms with Crippen molar-refractivity contribution in [1.82, 2.24) is 19.6 Å². The normalized spacial score (nSPS) is 11.1. The zero-order chi connectivity index (χ0) is 20.4. The van der Waals surface area contributed by atoms with E-state index in [0.717, 1.165) is 10.9 Å². The maximum atomic E-state index is 12.9. The van der Waals surface area contributed by atoms with Crippen LogP contribution in [0.1, 0.15) is 19.9 Å². The van der Waals surface area contributed by atoms with Crippen LogP contribution >= 0.6 is 0 Å². The summed E-state index contributed by atoms with van der Waals surface area (Å²) in [6.45, 7) is 3.82. The van der Waals surface area contributed by atoms with Crippen molar-refractivity contribution < 1.29 is 4.79 Å². The highest BCUT2D eigenvalue weighted by molar-refractivity contribution is 5.94. The Balaban J connectivity index is 1.69. The third-order valence-corrected chi connectivity index (χ3v) is 4.62. The molecule has 2 aromatic heterocycles. The quantitative estimate of drug-likeness (QED) is 0.568. The average molecular weight is 387 g/mol. The molecule has 0 aliphatic heterocycles. The van der Waals surface area contributed by atoms with Gasteiger partial charge in [0.05, 0.1) is 23.0 Å². The average Bonchev–Trinajstić information content (AvgIpc) is 3.19. The summed E-state index contributed by atoms with van der Waals surface area (Å²) >= 11 is 0. The highest BCUT2D eigenvalue weighted by Crippen LogP contribution is 2.24. The summed E-state index contributed by atoms with van der Waals surface area (Å²) in [4.78, 5) is 25.4. The Kier molecular flexibility index (Phi) is 4.95. The Bertz CT molecular complexity index is 1220. The van der Waals surface area contributed by atoms with Crippen molar-refractivity contribution in [2.45, 2.75) is 26.4 Å². The van der Waals surface area contributed by atoms with E-state index in [2.05, 4.69) is 15.5 Å². The van der Waals surface area contributed by atoms with Crippen molar-refractivity contribution in [2.24, 2.45) is 0 Å². The Morgan fingerprint density at radius 3 is 2.41 bits per heavy atom. The number of amides is 1. The molecule has 0 unspecified atom stereocenters. The summed E-state index contributed by atoms with van der Waals surface area (Å²) in [5.74, 6) is -0.336. The van der Waals surface area contributed by atoms with Gasteiger partial charge in [-0.3, -0.25) is 14.3 Å². The van der Waals surface area contributed by atoms with Gasteiger partial charge in [0.2, 0.25) is 5.91 Å². The molecule has 0 radical (unpaired) electrons. The molecule has 4 rings (SSSR count). The van der Waals surface area contributed by atoms with E-state index in [1.807, 2.05) is 62.4 Å². The highest BCUT2D eigenvalue weighted by atomic mass is 16.2. The van der Waals surface area contributed by atoms with Crippen LogP contribution < -0.4 is 10.9 Å². The minimum atomic E-state index is -0.336. The first-order valence-electron chi connectivity index (χ1n) is 9.42. The van der Waals surface area contributed by atoms with Gasteiger partial charge in [-0.2, -0.15) is 10.2 Å². The number of nitrogens with zero attached hydrogens (tertiary/aromatic N) is 4. The molecule has 29 heavy (non-hydrogen) atoms. The Morgan fingerprint density at radius 1 is 1.03 bits per heavy atom. The molecule has 0 aliphatic carbocycles. The Hall–Kier alpha value is -3.74. The van der Waals surface area contributed by atoms with Gasteiger partial charge in [-0.1, -0.05) is 48.5 Å². The summed E-state index contributed by atoms with van der Waals surface area (Å²) < 4.78 is 2.97. The van der Waals surface area contributed by atoms with Crippen LogP contribution in [0.4, 0.5) is 5.69 Å². The fraction of sp³-hybridized carbons (Fsp3) is 0.182. The van der Waals surface area contributed by atoms with Gasteiger partial charge in [0.1, 0.15) is 6.54 Å². The molecule has 0 spiro atoms. The summed E-state index contributed by atoms with van der Waals surface area (Å²) in [6, 6.07) is 17.1. The largest absolute Gasteiger partial charge is 0.322 e. The van der Waals surface area contributed by atoms with E-state index in [1.54, 1.807) is 23.1 Å². The number of carbonyl (C=O) groups is 1. The van der Waals surface area contributed by atoms with Crippen LogP contribution in [0, 0.1) is 0 Å². The number of hydrogen-bond acceptors (Lipinski definition) is 4. The monoisotopic (exact) mass is 387 g/mol. The minimum absolute atomic E-state index is 0.184.